The Morgan fingerprint density at radius 1 is 0.750 bits per heavy atom. The van der Waals surface area contributed by atoms with E-state index in [4.69, 9.17) is 0 Å². The third-order valence-electron chi connectivity index (χ3n) is 3.68. The molecule has 1 heterocycles. The fourth-order valence-electron chi connectivity index (χ4n) is 2.45. The fourth-order valence-corrected chi connectivity index (χ4v) is 2.45. The van der Waals surface area contributed by atoms with E-state index in [1.54, 1.807) is 0 Å². The van der Waals surface area contributed by atoms with Crippen molar-refractivity contribution in [3.8, 4) is 11.3 Å². The fraction of sp³-hybridized carbons (Fsp3) is 0.421. The molecule has 106 valence electrons. The maximum atomic E-state index is 4.60. The Morgan fingerprint density at radius 3 is 2.10 bits per heavy atom. The number of pyridine rings is 1. The Hall–Kier alpha value is -1.63. The second-order valence-corrected chi connectivity index (χ2v) is 5.46. The smallest absolute Gasteiger partial charge is 0.0702 e. The third-order valence-corrected chi connectivity index (χ3v) is 3.68. The first-order valence-corrected chi connectivity index (χ1v) is 7.87. The maximum Gasteiger partial charge on any atom is 0.0702 e. The molecule has 0 aliphatic carbocycles. The predicted octanol–water partition coefficient (Wildman–Crippen LogP) is 5.43. The molecule has 2 rings (SSSR count). The lowest BCUT2D eigenvalue weighted by Gasteiger charge is -2.05. The number of hydrogen-bond donors (Lipinski definition) is 0. The third kappa shape index (κ3) is 4.19. The summed E-state index contributed by atoms with van der Waals surface area (Å²) < 4.78 is 0. The van der Waals surface area contributed by atoms with Gasteiger partial charge in [-0.3, -0.25) is 4.98 Å². The second kappa shape index (κ2) is 7.84. The Labute approximate surface area is 123 Å². The highest BCUT2D eigenvalue weighted by molar-refractivity contribution is 5.59. The number of aromatic nitrogens is 1. The van der Waals surface area contributed by atoms with Gasteiger partial charge in [-0.05, 0) is 36.5 Å². The number of rotatable bonds is 7. The Bertz CT molecular complexity index is 496. The van der Waals surface area contributed by atoms with Gasteiger partial charge in [-0.15, -0.1) is 0 Å². The van der Waals surface area contributed by atoms with Crippen LogP contribution >= 0.6 is 0 Å². The molecule has 0 fully saturated rings. The SMILES string of the molecule is CCCCCc1ccc(-c2ccc(CCC)cc2)nc1. The average Bonchev–Trinajstić information content (AvgIpc) is 2.49. The van der Waals surface area contributed by atoms with Crippen LogP contribution in [-0.2, 0) is 12.8 Å². The molecule has 0 aliphatic heterocycles. The molecule has 0 bridgehead atoms. The van der Waals surface area contributed by atoms with Crippen molar-refractivity contribution in [1.29, 1.82) is 0 Å². The molecule has 0 amide bonds. The molecular weight excluding hydrogens is 242 g/mol. The molecule has 0 aliphatic rings. The van der Waals surface area contributed by atoms with Crippen molar-refractivity contribution in [2.45, 2.75) is 52.4 Å². The minimum Gasteiger partial charge on any atom is -0.256 e. The average molecular weight is 267 g/mol. The Morgan fingerprint density at radius 2 is 1.50 bits per heavy atom. The first-order chi connectivity index (χ1) is 9.83. The first-order valence-electron chi connectivity index (χ1n) is 7.87. The highest BCUT2D eigenvalue weighted by atomic mass is 14.7. The van der Waals surface area contributed by atoms with Gasteiger partial charge in [-0.25, -0.2) is 0 Å². The molecule has 0 saturated carbocycles. The zero-order valence-electron chi connectivity index (χ0n) is 12.7. The summed E-state index contributed by atoms with van der Waals surface area (Å²) in [6.45, 7) is 4.45. The molecule has 0 radical (unpaired) electrons. The van der Waals surface area contributed by atoms with Gasteiger partial charge in [0, 0.05) is 11.8 Å². The molecule has 0 saturated heterocycles. The van der Waals surface area contributed by atoms with Crippen LogP contribution in [0.4, 0.5) is 0 Å². The molecule has 1 heteroatoms. The van der Waals surface area contributed by atoms with E-state index in [1.165, 1.54) is 42.4 Å². The summed E-state index contributed by atoms with van der Waals surface area (Å²) in [5.41, 5.74) is 5.05. The van der Waals surface area contributed by atoms with Crippen molar-refractivity contribution in [2.75, 3.05) is 0 Å². The minimum absolute atomic E-state index is 1.08. The van der Waals surface area contributed by atoms with E-state index in [0.717, 1.165) is 18.5 Å². The summed E-state index contributed by atoms with van der Waals surface area (Å²) in [7, 11) is 0. The van der Waals surface area contributed by atoms with Crippen LogP contribution in [-0.4, -0.2) is 4.98 Å². The summed E-state index contributed by atoms with van der Waals surface area (Å²) in [6, 6.07) is 13.2. The molecular formula is C19H25N. The number of aryl methyl sites for hydroxylation is 2. The van der Waals surface area contributed by atoms with Crippen LogP contribution in [0.25, 0.3) is 11.3 Å². The van der Waals surface area contributed by atoms with Gasteiger partial charge in [-0.1, -0.05) is 63.4 Å². The number of benzene rings is 1. The van der Waals surface area contributed by atoms with E-state index < -0.39 is 0 Å². The van der Waals surface area contributed by atoms with Gasteiger partial charge in [0.25, 0.3) is 0 Å². The van der Waals surface area contributed by atoms with Gasteiger partial charge < -0.3 is 0 Å². The molecule has 20 heavy (non-hydrogen) atoms. The Balaban J connectivity index is 2.01. The van der Waals surface area contributed by atoms with Gasteiger partial charge in [0.05, 0.1) is 5.69 Å². The molecule has 1 aromatic heterocycles. The van der Waals surface area contributed by atoms with Crippen molar-refractivity contribution in [2.24, 2.45) is 0 Å². The van der Waals surface area contributed by atoms with Crippen LogP contribution in [0.2, 0.25) is 0 Å². The summed E-state index contributed by atoms with van der Waals surface area (Å²) in [5.74, 6) is 0. The quantitative estimate of drug-likeness (QED) is 0.609. The lowest BCUT2D eigenvalue weighted by molar-refractivity contribution is 0.716. The van der Waals surface area contributed by atoms with E-state index in [0.29, 0.717) is 0 Å². The van der Waals surface area contributed by atoms with Gasteiger partial charge >= 0.3 is 0 Å². The van der Waals surface area contributed by atoms with Gasteiger partial charge in [0.2, 0.25) is 0 Å². The van der Waals surface area contributed by atoms with Crippen molar-refractivity contribution in [3.63, 3.8) is 0 Å². The monoisotopic (exact) mass is 267 g/mol. The topological polar surface area (TPSA) is 12.9 Å². The number of nitrogens with zero attached hydrogens (tertiary/aromatic N) is 1. The van der Waals surface area contributed by atoms with Crippen molar-refractivity contribution < 1.29 is 0 Å². The highest BCUT2D eigenvalue weighted by Crippen LogP contribution is 2.19. The highest BCUT2D eigenvalue weighted by Gasteiger charge is 2.00. The summed E-state index contributed by atoms with van der Waals surface area (Å²) in [5, 5.41) is 0. The van der Waals surface area contributed by atoms with E-state index in [-0.39, 0.29) is 0 Å². The van der Waals surface area contributed by atoms with Crippen LogP contribution in [0.5, 0.6) is 0 Å². The van der Waals surface area contributed by atoms with Crippen LogP contribution in [0.3, 0.4) is 0 Å². The molecule has 2 aromatic rings. The summed E-state index contributed by atoms with van der Waals surface area (Å²) in [6.07, 6.45) is 9.38. The van der Waals surface area contributed by atoms with Crippen LogP contribution in [0.15, 0.2) is 42.6 Å². The summed E-state index contributed by atoms with van der Waals surface area (Å²) >= 11 is 0. The van der Waals surface area contributed by atoms with Gasteiger partial charge in [-0.2, -0.15) is 0 Å². The van der Waals surface area contributed by atoms with Crippen molar-refractivity contribution in [1.82, 2.24) is 4.98 Å². The van der Waals surface area contributed by atoms with E-state index in [9.17, 15) is 0 Å². The van der Waals surface area contributed by atoms with Crippen LogP contribution < -0.4 is 0 Å². The van der Waals surface area contributed by atoms with Gasteiger partial charge in [0.15, 0.2) is 0 Å². The number of hydrogen-bond acceptors (Lipinski definition) is 1. The van der Waals surface area contributed by atoms with E-state index >= 15 is 0 Å². The standard InChI is InChI=1S/C19H25N/c1-3-5-6-8-17-11-14-19(20-15-17)18-12-9-16(7-4-2)10-13-18/h9-15H,3-8H2,1-2H3. The van der Waals surface area contributed by atoms with Gasteiger partial charge in [0.1, 0.15) is 0 Å². The summed E-state index contributed by atoms with van der Waals surface area (Å²) in [4.78, 5) is 4.60. The van der Waals surface area contributed by atoms with E-state index in [2.05, 4.69) is 55.2 Å². The zero-order valence-corrected chi connectivity index (χ0v) is 12.7. The van der Waals surface area contributed by atoms with Crippen LogP contribution in [0, 0.1) is 0 Å². The van der Waals surface area contributed by atoms with Crippen molar-refractivity contribution in [3.05, 3.63) is 53.7 Å². The zero-order chi connectivity index (χ0) is 14.2. The van der Waals surface area contributed by atoms with E-state index in [1.807, 2.05) is 6.20 Å². The maximum absolute atomic E-state index is 4.60. The molecule has 0 N–H and O–H groups in total. The minimum atomic E-state index is 1.08. The molecule has 0 spiro atoms. The van der Waals surface area contributed by atoms with Crippen LogP contribution in [0.1, 0.15) is 50.7 Å². The number of unbranched alkanes of at least 4 members (excludes halogenated alkanes) is 2. The normalized spacial score (nSPS) is 10.7. The molecule has 1 aromatic carbocycles. The molecule has 0 unspecified atom stereocenters. The predicted molar refractivity (Wildman–Crippen MR) is 86.9 cm³/mol. The molecule has 1 nitrogen and oxygen atoms in total. The molecule has 0 atom stereocenters. The second-order valence-electron chi connectivity index (χ2n) is 5.46. The largest absolute Gasteiger partial charge is 0.256 e. The lowest BCUT2D eigenvalue weighted by Crippen LogP contribution is -1.90. The lowest BCUT2D eigenvalue weighted by atomic mass is 10.0. The van der Waals surface area contributed by atoms with Crippen molar-refractivity contribution >= 4 is 0 Å². The first kappa shape index (κ1) is 14.8. The Kier molecular flexibility index (Phi) is 5.79.